The fourth-order valence-corrected chi connectivity index (χ4v) is 2.77. The number of likely N-dealkylation sites (tertiary alicyclic amines) is 1. The molecule has 3 heterocycles. The first-order chi connectivity index (χ1) is 10.1. The van der Waals surface area contributed by atoms with Crippen LogP contribution in [-0.2, 0) is 0 Å². The molecule has 0 aliphatic carbocycles. The van der Waals surface area contributed by atoms with Crippen molar-refractivity contribution >= 4 is 17.3 Å². The van der Waals surface area contributed by atoms with Gasteiger partial charge in [0.2, 0.25) is 5.65 Å². The van der Waals surface area contributed by atoms with Crippen molar-refractivity contribution in [2.24, 2.45) is 5.92 Å². The molecule has 0 spiro atoms. The molecule has 1 N–H and O–H groups in total. The Morgan fingerprint density at radius 2 is 2.38 bits per heavy atom. The highest BCUT2D eigenvalue weighted by atomic mass is 16.6. The number of nitro groups is 1. The minimum Gasteiger partial charge on any atom is -0.367 e. The van der Waals surface area contributed by atoms with Crippen molar-refractivity contribution in [2.45, 2.75) is 12.8 Å². The van der Waals surface area contributed by atoms with E-state index >= 15 is 0 Å². The lowest BCUT2D eigenvalue weighted by Gasteiger charge is -2.29. The van der Waals surface area contributed by atoms with Crippen molar-refractivity contribution in [3.63, 3.8) is 0 Å². The van der Waals surface area contributed by atoms with Gasteiger partial charge in [-0.15, -0.1) is 0 Å². The minimum atomic E-state index is -0.479. The topological polar surface area (TPSA) is 88.6 Å². The van der Waals surface area contributed by atoms with Gasteiger partial charge in [-0.2, -0.15) is 0 Å². The number of aromatic nitrogens is 3. The molecule has 1 aliphatic heterocycles. The van der Waals surface area contributed by atoms with E-state index in [1.54, 1.807) is 12.1 Å². The van der Waals surface area contributed by atoms with Gasteiger partial charge in [-0.3, -0.25) is 0 Å². The first kappa shape index (κ1) is 13.7. The summed E-state index contributed by atoms with van der Waals surface area (Å²) in [6.07, 6.45) is 3.63. The van der Waals surface area contributed by atoms with Gasteiger partial charge >= 0.3 is 5.82 Å². The van der Waals surface area contributed by atoms with Crippen molar-refractivity contribution in [3.8, 4) is 0 Å². The quantitative estimate of drug-likeness (QED) is 0.676. The monoisotopic (exact) mass is 290 g/mol. The molecule has 0 saturated carbocycles. The second-order valence-corrected chi connectivity index (χ2v) is 5.51. The Hall–Kier alpha value is -2.22. The van der Waals surface area contributed by atoms with Crippen LogP contribution in [0.5, 0.6) is 0 Å². The van der Waals surface area contributed by atoms with Gasteiger partial charge < -0.3 is 20.3 Å². The Balaban J connectivity index is 1.72. The molecule has 1 atom stereocenters. The maximum atomic E-state index is 10.9. The van der Waals surface area contributed by atoms with Gasteiger partial charge in [0.1, 0.15) is 6.20 Å². The summed E-state index contributed by atoms with van der Waals surface area (Å²) < 4.78 is 1.26. The molecule has 2 aromatic heterocycles. The number of nitrogens with one attached hydrogen (secondary N) is 1. The van der Waals surface area contributed by atoms with Crippen molar-refractivity contribution in [2.75, 3.05) is 32.0 Å². The molecule has 0 amide bonds. The summed E-state index contributed by atoms with van der Waals surface area (Å²) in [5.74, 6) is 1.10. The molecule has 1 aliphatic rings. The van der Waals surface area contributed by atoms with E-state index in [0.717, 1.165) is 19.6 Å². The molecule has 0 radical (unpaired) electrons. The number of fused-ring (bicyclic) bond motifs is 1. The molecular formula is C13H18N6O2. The summed E-state index contributed by atoms with van der Waals surface area (Å²) in [5.41, 5.74) is 0.477. The standard InChI is InChI=1S/C13H18N6O2/c1-17-6-2-3-10(9-17)7-14-11-4-5-12-15-8-13(19(20)21)18(12)16-11/h4-5,8,10H,2-3,6-7,9H2,1H3,(H,14,16). The Morgan fingerprint density at radius 1 is 1.52 bits per heavy atom. The van der Waals surface area contributed by atoms with E-state index in [4.69, 9.17) is 0 Å². The third-order valence-electron chi connectivity index (χ3n) is 3.83. The highest BCUT2D eigenvalue weighted by molar-refractivity contribution is 5.48. The lowest BCUT2D eigenvalue weighted by molar-refractivity contribution is -0.391. The number of hydrogen-bond donors (Lipinski definition) is 1. The third-order valence-corrected chi connectivity index (χ3v) is 3.83. The Bertz CT molecular complexity index is 655. The van der Waals surface area contributed by atoms with Crippen LogP contribution in [0.3, 0.4) is 0 Å². The van der Waals surface area contributed by atoms with Crippen molar-refractivity contribution < 1.29 is 4.92 Å². The van der Waals surface area contributed by atoms with E-state index in [1.807, 2.05) is 0 Å². The van der Waals surface area contributed by atoms with Gasteiger partial charge in [0.15, 0.2) is 5.82 Å². The Kier molecular flexibility index (Phi) is 3.70. The molecule has 21 heavy (non-hydrogen) atoms. The third kappa shape index (κ3) is 2.94. The summed E-state index contributed by atoms with van der Waals surface area (Å²) >= 11 is 0. The van der Waals surface area contributed by atoms with E-state index in [2.05, 4.69) is 27.3 Å². The van der Waals surface area contributed by atoms with Gasteiger partial charge in [-0.25, -0.2) is 4.98 Å². The van der Waals surface area contributed by atoms with Gasteiger partial charge in [0, 0.05) is 19.2 Å². The molecule has 1 fully saturated rings. The van der Waals surface area contributed by atoms with Crippen LogP contribution in [0.1, 0.15) is 12.8 Å². The van der Waals surface area contributed by atoms with Crippen molar-refractivity contribution in [1.29, 1.82) is 0 Å². The van der Waals surface area contributed by atoms with Crippen LogP contribution >= 0.6 is 0 Å². The van der Waals surface area contributed by atoms with Gasteiger partial charge in [-0.05, 0) is 43.3 Å². The fourth-order valence-electron chi connectivity index (χ4n) is 2.77. The van der Waals surface area contributed by atoms with Crippen molar-refractivity contribution in [3.05, 3.63) is 28.4 Å². The number of imidazole rings is 1. The first-order valence-electron chi connectivity index (χ1n) is 7.05. The molecule has 1 unspecified atom stereocenters. The lowest BCUT2D eigenvalue weighted by Crippen LogP contribution is -2.35. The van der Waals surface area contributed by atoms with E-state index in [9.17, 15) is 10.1 Å². The second-order valence-electron chi connectivity index (χ2n) is 5.51. The average molecular weight is 290 g/mol. The number of rotatable bonds is 4. The average Bonchev–Trinajstić information content (AvgIpc) is 2.88. The molecule has 0 aromatic carbocycles. The predicted molar refractivity (Wildman–Crippen MR) is 78.4 cm³/mol. The fraction of sp³-hybridized carbons (Fsp3) is 0.538. The summed E-state index contributed by atoms with van der Waals surface area (Å²) in [5, 5.41) is 18.4. The molecule has 8 heteroatoms. The largest absolute Gasteiger partial charge is 0.368 e. The van der Waals surface area contributed by atoms with E-state index in [0.29, 0.717) is 17.4 Å². The highest BCUT2D eigenvalue weighted by Gasteiger charge is 2.18. The Labute approximate surface area is 121 Å². The summed E-state index contributed by atoms with van der Waals surface area (Å²) in [6.45, 7) is 3.05. The predicted octanol–water partition coefficient (Wildman–Crippen LogP) is 1.39. The van der Waals surface area contributed by atoms with Crippen molar-refractivity contribution in [1.82, 2.24) is 19.5 Å². The van der Waals surface area contributed by atoms with Crippen LogP contribution in [0, 0.1) is 16.0 Å². The number of piperidine rings is 1. The van der Waals surface area contributed by atoms with Gasteiger partial charge in [-0.1, -0.05) is 9.61 Å². The molecule has 1 saturated heterocycles. The lowest BCUT2D eigenvalue weighted by atomic mass is 9.98. The zero-order chi connectivity index (χ0) is 14.8. The second kappa shape index (κ2) is 5.65. The van der Waals surface area contributed by atoms with E-state index < -0.39 is 4.92 Å². The zero-order valence-electron chi connectivity index (χ0n) is 11.9. The van der Waals surface area contributed by atoms with Crippen LogP contribution in [0.25, 0.3) is 5.65 Å². The summed E-state index contributed by atoms with van der Waals surface area (Å²) in [6, 6.07) is 3.54. The number of anilines is 1. The molecule has 8 nitrogen and oxygen atoms in total. The maximum Gasteiger partial charge on any atom is 0.368 e. The van der Waals surface area contributed by atoms with E-state index in [-0.39, 0.29) is 5.82 Å². The summed E-state index contributed by atoms with van der Waals surface area (Å²) in [4.78, 5) is 16.7. The smallest absolute Gasteiger partial charge is 0.367 e. The van der Waals surface area contributed by atoms with Gasteiger partial charge in [0.25, 0.3) is 0 Å². The molecular weight excluding hydrogens is 272 g/mol. The van der Waals surface area contributed by atoms with E-state index in [1.165, 1.54) is 23.6 Å². The minimum absolute atomic E-state index is 0.119. The van der Waals surface area contributed by atoms with Gasteiger partial charge in [0.05, 0.1) is 0 Å². The van der Waals surface area contributed by atoms with Crippen LogP contribution in [0.4, 0.5) is 11.6 Å². The molecule has 2 aromatic rings. The number of hydrogen-bond acceptors (Lipinski definition) is 6. The normalized spacial score (nSPS) is 19.8. The maximum absolute atomic E-state index is 10.9. The highest BCUT2D eigenvalue weighted by Crippen LogP contribution is 2.17. The SMILES string of the molecule is CN1CCCC(CNc2ccc3ncc([N+](=O)[O-])n3n2)C1. The summed E-state index contributed by atoms with van der Waals surface area (Å²) in [7, 11) is 2.13. The first-order valence-corrected chi connectivity index (χ1v) is 7.05. The zero-order valence-corrected chi connectivity index (χ0v) is 11.9. The molecule has 112 valence electrons. The van der Waals surface area contributed by atoms with Crippen LogP contribution < -0.4 is 5.32 Å². The van der Waals surface area contributed by atoms with Crippen LogP contribution in [-0.4, -0.2) is 51.1 Å². The Morgan fingerprint density at radius 3 is 3.14 bits per heavy atom. The van der Waals surface area contributed by atoms with Crippen LogP contribution in [0.2, 0.25) is 0 Å². The number of nitrogens with zero attached hydrogens (tertiary/aromatic N) is 5. The molecule has 0 bridgehead atoms. The molecule has 3 rings (SSSR count). The van der Waals surface area contributed by atoms with Crippen LogP contribution in [0.15, 0.2) is 18.3 Å².